The first kappa shape index (κ1) is 15.7. The molecule has 1 N–H and O–H groups in total. The van der Waals surface area contributed by atoms with Crippen molar-refractivity contribution < 1.29 is 23.1 Å². The molecule has 0 saturated heterocycles. The summed E-state index contributed by atoms with van der Waals surface area (Å²) in [6.07, 6.45) is -3.36. The van der Waals surface area contributed by atoms with Gasteiger partial charge in [-0.15, -0.1) is 0 Å². The number of rotatable bonds is 3. The minimum atomic E-state index is -4.74. The number of carboxylic acid groups (broad SMARTS) is 1. The van der Waals surface area contributed by atoms with Gasteiger partial charge in [0.25, 0.3) is 0 Å². The zero-order chi connectivity index (χ0) is 15.6. The van der Waals surface area contributed by atoms with Crippen molar-refractivity contribution in [1.29, 1.82) is 0 Å². The van der Waals surface area contributed by atoms with E-state index < -0.39 is 23.3 Å². The number of alkyl halides is 3. The number of aromatic carboxylic acids is 1. The van der Waals surface area contributed by atoms with E-state index >= 15 is 0 Å². The lowest BCUT2D eigenvalue weighted by Crippen LogP contribution is -2.12. The Bertz CT molecular complexity index is 674. The predicted octanol–water partition coefficient (Wildman–Crippen LogP) is 4.60. The topological polar surface area (TPSA) is 50.2 Å². The Hall–Kier alpha value is -1.73. The third-order valence-corrected chi connectivity index (χ3v) is 3.61. The minimum Gasteiger partial charge on any atom is -0.478 e. The Morgan fingerprint density at radius 1 is 1.24 bits per heavy atom. The third-order valence-electron chi connectivity index (χ3n) is 2.45. The van der Waals surface area contributed by atoms with Gasteiger partial charge in [0.15, 0.2) is 0 Å². The molecule has 21 heavy (non-hydrogen) atoms. The summed E-state index contributed by atoms with van der Waals surface area (Å²) in [6.45, 7) is 0. The molecule has 0 aliphatic rings. The molecule has 0 spiro atoms. The second kappa shape index (κ2) is 5.95. The van der Waals surface area contributed by atoms with Crippen LogP contribution in [0.25, 0.3) is 0 Å². The van der Waals surface area contributed by atoms with Crippen LogP contribution in [0.4, 0.5) is 13.2 Å². The number of halogens is 4. The molecule has 1 aromatic heterocycles. The maximum atomic E-state index is 12.9. The third kappa shape index (κ3) is 3.89. The van der Waals surface area contributed by atoms with Crippen LogP contribution >= 0.6 is 23.4 Å². The van der Waals surface area contributed by atoms with E-state index in [9.17, 15) is 18.0 Å². The van der Waals surface area contributed by atoms with Gasteiger partial charge >= 0.3 is 12.1 Å². The van der Waals surface area contributed by atoms with Crippen LogP contribution in [0.2, 0.25) is 5.02 Å². The molecule has 0 fully saturated rings. The van der Waals surface area contributed by atoms with Crippen molar-refractivity contribution in [2.24, 2.45) is 0 Å². The van der Waals surface area contributed by atoms with Crippen LogP contribution in [0.1, 0.15) is 15.9 Å². The molecule has 2 aromatic rings. The summed E-state index contributed by atoms with van der Waals surface area (Å²) < 4.78 is 38.6. The Kier molecular flexibility index (Phi) is 4.43. The lowest BCUT2D eigenvalue weighted by molar-refractivity contribution is -0.138. The van der Waals surface area contributed by atoms with Gasteiger partial charge in [-0.05, 0) is 30.3 Å². The molecular weight excluding hydrogens is 327 g/mol. The largest absolute Gasteiger partial charge is 0.478 e. The van der Waals surface area contributed by atoms with Crippen LogP contribution in [0.5, 0.6) is 0 Å². The minimum absolute atomic E-state index is 0.238. The van der Waals surface area contributed by atoms with Crippen LogP contribution in [0.3, 0.4) is 0 Å². The summed E-state index contributed by atoms with van der Waals surface area (Å²) >= 11 is 6.65. The average Bonchev–Trinajstić information content (AvgIpc) is 2.40. The molecule has 0 amide bonds. The first-order valence-electron chi connectivity index (χ1n) is 5.51. The molecule has 0 unspecified atom stereocenters. The molecule has 0 saturated carbocycles. The first-order valence-corrected chi connectivity index (χ1v) is 6.71. The molecule has 1 aromatic carbocycles. The van der Waals surface area contributed by atoms with E-state index in [1.54, 1.807) is 12.1 Å². The number of pyridine rings is 1. The molecule has 3 nitrogen and oxygen atoms in total. The monoisotopic (exact) mass is 333 g/mol. The van der Waals surface area contributed by atoms with Crippen LogP contribution < -0.4 is 0 Å². The quantitative estimate of drug-likeness (QED) is 0.891. The van der Waals surface area contributed by atoms with Crippen LogP contribution in [0, 0.1) is 0 Å². The molecule has 0 radical (unpaired) electrons. The lowest BCUT2D eigenvalue weighted by atomic mass is 10.1. The number of aromatic nitrogens is 1. The highest BCUT2D eigenvalue weighted by molar-refractivity contribution is 7.99. The molecule has 110 valence electrons. The summed E-state index contributed by atoms with van der Waals surface area (Å²) in [7, 11) is 0. The maximum absolute atomic E-state index is 12.9. The van der Waals surface area contributed by atoms with E-state index in [4.69, 9.17) is 16.7 Å². The highest BCUT2D eigenvalue weighted by atomic mass is 35.5. The molecular formula is C13H7ClF3NO2S. The van der Waals surface area contributed by atoms with Gasteiger partial charge in [-0.3, -0.25) is 0 Å². The Balaban J connectivity index is 2.38. The molecule has 0 bridgehead atoms. The van der Waals surface area contributed by atoms with Gasteiger partial charge in [-0.1, -0.05) is 23.4 Å². The fourth-order valence-corrected chi connectivity index (χ4v) is 2.46. The Labute approximate surface area is 126 Å². The van der Waals surface area contributed by atoms with Gasteiger partial charge in [0.2, 0.25) is 0 Å². The lowest BCUT2D eigenvalue weighted by Gasteiger charge is -2.11. The van der Waals surface area contributed by atoms with Gasteiger partial charge in [-0.25, -0.2) is 9.78 Å². The Morgan fingerprint density at radius 2 is 1.95 bits per heavy atom. The van der Waals surface area contributed by atoms with Crippen molar-refractivity contribution in [2.75, 3.05) is 0 Å². The molecule has 8 heteroatoms. The standard InChI is InChI=1S/C13H7ClF3NO2S/c14-7-1-4-11(18-6-7)21-8-2-3-9(12(19)20)10(5-8)13(15,16)17/h1-6H,(H,19,20). The molecule has 0 aliphatic carbocycles. The first-order chi connectivity index (χ1) is 9.77. The van der Waals surface area contributed by atoms with Crippen LogP contribution in [0.15, 0.2) is 46.5 Å². The Morgan fingerprint density at radius 3 is 2.48 bits per heavy atom. The van der Waals surface area contributed by atoms with E-state index in [1.807, 2.05) is 0 Å². The van der Waals surface area contributed by atoms with Gasteiger partial charge < -0.3 is 5.11 Å². The van der Waals surface area contributed by atoms with Crippen molar-refractivity contribution in [3.8, 4) is 0 Å². The normalized spacial score (nSPS) is 11.4. The zero-order valence-electron chi connectivity index (χ0n) is 10.2. The summed E-state index contributed by atoms with van der Waals surface area (Å²) in [5.41, 5.74) is -1.97. The highest BCUT2D eigenvalue weighted by Crippen LogP contribution is 2.36. The fourth-order valence-electron chi connectivity index (χ4n) is 1.55. The summed E-state index contributed by atoms with van der Waals surface area (Å²) in [4.78, 5) is 15.0. The van der Waals surface area contributed by atoms with Crippen LogP contribution in [-0.2, 0) is 6.18 Å². The number of benzene rings is 1. The smallest absolute Gasteiger partial charge is 0.417 e. The molecule has 0 aliphatic heterocycles. The fraction of sp³-hybridized carbons (Fsp3) is 0.0769. The number of nitrogens with zero attached hydrogens (tertiary/aromatic N) is 1. The summed E-state index contributed by atoms with van der Waals surface area (Å²) in [5, 5.41) is 9.67. The number of hydrogen-bond acceptors (Lipinski definition) is 3. The van der Waals surface area contributed by atoms with Crippen LogP contribution in [-0.4, -0.2) is 16.1 Å². The van der Waals surface area contributed by atoms with Crippen molar-refractivity contribution >= 4 is 29.3 Å². The molecule has 2 rings (SSSR count). The van der Waals surface area contributed by atoms with Gasteiger partial charge in [0.1, 0.15) is 5.03 Å². The second-order valence-electron chi connectivity index (χ2n) is 3.93. The van der Waals surface area contributed by atoms with E-state index in [-0.39, 0.29) is 4.90 Å². The van der Waals surface area contributed by atoms with Gasteiger partial charge in [0, 0.05) is 11.1 Å². The van der Waals surface area contributed by atoms with E-state index in [0.717, 1.165) is 23.9 Å². The average molecular weight is 334 g/mol. The SMILES string of the molecule is O=C(O)c1ccc(Sc2ccc(Cl)cn2)cc1C(F)(F)F. The van der Waals surface area contributed by atoms with Crippen molar-refractivity contribution in [1.82, 2.24) is 4.98 Å². The second-order valence-corrected chi connectivity index (χ2v) is 5.46. The number of carbonyl (C=O) groups is 1. The van der Waals surface area contributed by atoms with Crippen molar-refractivity contribution in [3.05, 3.63) is 52.7 Å². The van der Waals surface area contributed by atoms with E-state index in [0.29, 0.717) is 10.0 Å². The maximum Gasteiger partial charge on any atom is 0.417 e. The highest BCUT2D eigenvalue weighted by Gasteiger charge is 2.35. The number of hydrogen-bond donors (Lipinski definition) is 1. The van der Waals surface area contributed by atoms with Crippen molar-refractivity contribution in [2.45, 2.75) is 16.1 Å². The zero-order valence-corrected chi connectivity index (χ0v) is 11.8. The summed E-state index contributed by atoms with van der Waals surface area (Å²) in [5.74, 6) is -1.62. The predicted molar refractivity (Wildman–Crippen MR) is 71.8 cm³/mol. The molecule has 1 heterocycles. The van der Waals surface area contributed by atoms with Gasteiger partial charge in [0.05, 0.1) is 16.1 Å². The molecule has 0 atom stereocenters. The van der Waals surface area contributed by atoms with Crippen molar-refractivity contribution in [3.63, 3.8) is 0 Å². The number of carboxylic acids is 1. The van der Waals surface area contributed by atoms with E-state index in [2.05, 4.69) is 4.98 Å². The van der Waals surface area contributed by atoms with E-state index in [1.165, 1.54) is 12.3 Å². The van der Waals surface area contributed by atoms with Gasteiger partial charge in [-0.2, -0.15) is 13.2 Å². The summed E-state index contributed by atoms with van der Waals surface area (Å²) in [6, 6.07) is 6.16.